The van der Waals surface area contributed by atoms with E-state index in [1.165, 1.54) is 0 Å². The highest BCUT2D eigenvalue weighted by Gasteiger charge is 2.12. The van der Waals surface area contributed by atoms with E-state index in [-0.39, 0.29) is 12.0 Å². The Bertz CT molecular complexity index is 746. The predicted molar refractivity (Wildman–Crippen MR) is 103 cm³/mol. The van der Waals surface area contributed by atoms with Gasteiger partial charge in [0.05, 0.1) is 11.8 Å². The minimum absolute atomic E-state index is 0.0584. The monoisotopic (exact) mass is 357 g/mol. The van der Waals surface area contributed by atoms with Crippen LogP contribution in [0.15, 0.2) is 30.3 Å². The molecule has 2 aromatic rings. The third-order valence-corrected chi connectivity index (χ3v) is 3.43. The van der Waals surface area contributed by atoms with E-state index in [9.17, 15) is 4.79 Å². The highest BCUT2D eigenvalue weighted by molar-refractivity contribution is 5.93. The highest BCUT2D eigenvalue weighted by atomic mass is 16.5. The van der Waals surface area contributed by atoms with Gasteiger partial charge in [-0.15, -0.1) is 0 Å². The van der Waals surface area contributed by atoms with Gasteiger partial charge < -0.3 is 20.3 Å². The molecule has 0 aliphatic carbocycles. The number of nitrogens with one attached hydrogen (secondary N) is 2. The summed E-state index contributed by atoms with van der Waals surface area (Å²) >= 11 is 0. The first kappa shape index (κ1) is 19.7. The summed E-state index contributed by atoms with van der Waals surface area (Å²) in [5.74, 6) is 1.59. The van der Waals surface area contributed by atoms with Gasteiger partial charge in [0.1, 0.15) is 23.1 Å². The Morgan fingerprint density at radius 2 is 1.96 bits per heavy atom. The van der Waals surface area contributed by atoms with Crippen molar-refractivity contribution in [2.45, 2.75) is 26.9 Å². The second kappa shape index (κ2) is 9.15. The number of aromatic nitrogens is 2. The molecule has 0 aliphatic heterocycles. The van der Waals surface area contributed by atoms with Crippen molar-refractivity contribution in [1.29, 1.82) is 0 Å². The van der Waals surface area contributed by atoms with Crippen molar-refractivity contribution >= 4 is 17.4 Å². The Kier molecular flexibility index (Phi) is 6.91. The molecule has 140 valence electrons. The second-order valence-electron chi connectivity index (χ2n) is 6.53. The number of hydrogen-bond donors (Lipinski definition) is 2. The molecule has 0 aliphatic rings. The van der Waals surface area contributed by atoms with Crippen LogP contribution in [0, 0.1) is 6.92 Å². The van der Waals surface area contributed by atoms with Gasteiger partial charge in [0.25, 0.3) is 5.91 Å². The number of aryl methyl sites for hydroxylation is 1. The van der Waals surface area contributed by atoms with Crippen LogP contribution in [0.2, 0.25) is 0 Å². The number of carbonyl (C=O) groups excluding carboxylic acids is 1. The zero-order chi connectivity index (χ0) is 19.1. The first-order valence-electron chi connectivity index (χ1n) is 8.66. The minimum atomic E-state index is -0.216. The van der Waals surface area contributed by atoms with Gasteiger partial charge in [-0.25, -0.2) is 9.97 Å². The van der Waals surface area contributed by atoms with Gasteiger partial charge in [-0.1, -0.05) is 12.1 Å². The maximum atomic E-state index is 12.3. The number of ether oxygens (including phenoxy) is 1. The number of rotatable bonds is 8. The average molecular weight is 357 g/mol. The van der Waals surface area contributed by atoms with E-state index in [0.717, 1.165) is 18.0 Å². The van der Waals surface area contributed by atoms with Crippen LogP contribution < -0.4 is 15.4 Å². The Labute approximate surface area is 154 Å². The summed E-state index contributed by atoms with van der Waals surface area (Å²) in [6.45, 7) is 7.03. The molecule has 1 heterocycles. The minimum Gasteiger partial charge on any atom is -0.489 e. The summed E-state index contributed by atoms with van der Waals surface area (Å²) in [6.07, 6.45) is 0.0584. The Hall–Kier alpha value is -2.67. The molecule has 26 heavy (non-hydrogen) atoms. The molecule has 2 N–H and O–H groups in total. The molecule has 1 aromatic carbocycles. The Morgan fingerprint density at radius 3 is 2.65 bits per heavy atom. The van der Waals surface area contributed by atoms with Crippen LogP contribution in [0.4, 0.5) is 11.5 Å². The zero-order valence-electron chi connectivity index (χ0n) is 16.0. The van der Waals surface area contributed by atoms with E-state index in [1.54, 1.807) is 13.0 Å². The van der Waals surface area contributed by atoms with Crippen LogP contribution in [-0.4, -0.2) is 54.1 Å². The number of likely N-dealkylation sites (N-methyl/N-ethyl adjacent to an activating group) is 1. The first-order valence-corrected chi connectivity index (χ1v) is 8.66. The van der Waals surface area contributed by atoms with E-state index in [1.807, 2.05) is 57.1 Å². The molecule has 0 atom stereocenters. The van der Waals surface area contributed by atoms with Gasteiger partial charge in [0.2, 0.25) is 0 Å². The standard InChI is InChI=1S/C19H27N5O2/c1-13(2)26-17-9-7-6-8-15(17)23-18-12-16(21-14(3)22-18)19(25)20-10-11-24(4)5/h6-9,12-13H,10-11H2,1-5H3,(H,20,25)(H,21,22,23). The van der Waals surface area contributed by atoms with Crippen molar-refractivity contribution in [2.24, 2.45) is 0 Å². The van der Waals surface area contributed by atoms with Crippen molar-refractivity contribution in [3.8, 4) is 5.75 Å². The lowest BCUT2D eigenvalue weighted by Gasteiger charge is -2.15. The van der Waals surface area contributed by atoms with Crippen molar-refractivity contribution < 1.29 is 9.53 Å². The zero-order valence-corrected chi connectivity index (χ0v) is 16.0. The van der Waals surface area contributed by atoms with Gasteiger partial charge in [-0.05, 0) is 47.0 Å². The van der Waals surface area contributed by atoms with Gasteiger partial charge in [0, 0.05) is 19.2 Å². The molecule has 2 rings (SSSR count). The van der Waals surface area contributed by atoms with Crippen LogP contribution in [0.5, 0.6) is 5.75 Å². The van der Waals surface area contributed by atoms with Crippen LogP contribution in [0.1, 0.15) is 30.2 Å². The van der Waals surface area contributed by atoms with Crippen molar-refractivity contribution in [3.05, 3.63) is 41.9 Å². The molecule has 0 spiro atoms. The fourth-order valence-corrected chi connectivity index (χ4v) is 2.30. The molecule has 7 nitrogen and oxygen atoms in total. The fraction of sp³-hybridized carbons (Fsp3) is 0.421. The number of anilines is 2. The molecular weight excluding hydrogens is 330 g/mol. The molecule has 0 saturated carbocycles. The van der Waals surface area contributed by atoms with Gasteiger partial charge >= 0.3 is 0 Å². The number of hydrogen-bond acceptors (Lipinski definition) is 6. The van der Waals surface area contributed by atoms with Crippen molar-refractivity contribution in [3.63, 3.8) is 0 Å². The smallest absolute Gasteiger partial charge is 0.270 e. The topological polar surface area (TPSA) is 79.4 Å². The maximum Gasteiger partial charge on any atom is 0.270 e. The highest BCUT2D eigenvalue weighted by Crippen LogP contribution is 2.27. The summed E-state index contributed by atoms with van der Waals surface area (Å²) in [7, 11) is 3.92. The Balaban J connectivity index is 2.16. The van der Waals surface area contributed by atoms with E-state index in [4.69, 9.17) is 4.74 Å². The summed E-state index contributed by atoms with van der Waals surface area (Å²) < 4.78 is 5.81. The summed E-state index contributed by atoms with van der Waals surface area (Å²) in [4.78, 5) is 22.9. The second-order valence-corrected chi connectivity index (χ2v) is 6.53. The quantitative estimate of drug-likeness (QED) is 0.756. The normalized spacial score (nSPS) is 10.9. The SMILES string of the molecule is Cc1nc(Nc2ccccc2OC(C)C)cc(C(=O)NCCN(C)C)n1. The third kappa shape index (κ3) is 6.00. The first-order chi connectivity index (χ1) is 12.3. The maximum absolute atomic E-state index is 12.3. The predicted octanol–water partition coefficient (Wildman–Crippen LogP) is 2.61. The van der Waals surface area contributed by atoms with Crippen LogP contribution in [0.25, 0.3) is 0 Å². The number of carbonyl (C=O) groups is 1. The molecule has 0 radical (unpaired) electrons. The van der Waals surface area contributed by atoms with Gasteiger partial charge in [-0.2, -0.15) is 0 Å². The summed E-state index contributed by atoms with van der Waals surface area (Å²) in [5, 5.41) is 6.09. The fourth-order valence-electron chi connectivity index (χ4n) is 2.30. The lowest BCUT2D eigenvalue weighted by molar-refractivity contribution is 0.0945. The lowest BCUT2D eigenvalue weighted by Crippen LogP contribution is -2.32. The molecule has 0 saturated heterocycles. The lowest BCUT2D eigenvalue weighted by atomic mass is 10.2. The Morgan fingerprint density at radius 1 is 1.23 bits per heavy atom. The summed E-state index contributed by atoms with van der Waals surface area (Å²) in [5.41, 5.74) is 1.12. The molecule has 1 aromatic heterocycles. The van der Waals surface area contributed by atoms with Crippen molar-refractivity contribution in [1.82, 2.24) is 20.2 Å². The average Bonchev–Trinajstić information content (AvgIpc) is 2.55. The third-order valence-electron chi connectivity index (χ3n) is 3.43. The van der Waals surface area contributed by atoms with E-state index >= 15 is 0 Å². The van der Waals surface area contributed by atoms with Gasteiger partial charge in [0.15, 0.2) is 0 Å². The number of para-hydroxylation sites is 2. The van der Waals surface area contributed by atoms with E-state index in [0.29, 0.717) is 23.9 Å². The number of amides is 1. The molecule has 1 amide bonds. The molecule has 0 bridgehead atoms. The van der Waals surface area contributed by atoms with Gasteiger partial charge in [-0.3, -0.25) is 4.79 Å². The molecule has 0 unspecified atom stereocenters. The molecule has 0 fully saturated rings. The number of benzene rings is 1. The van der Waals surface area contributed by atoms with Crippen LogP contribution >= 0.6 is 0 Å². The van der Waals surface area contributed by atoms with Crippen molar-refractivity contribution in [2.75, 3.05) is 32.5 Å². The summed E-state index contributed by atoms with van der Waals surface area (Å²) in [6, 6.07) is 9.28. The number of nitrogens with zero attached hydrogens (tertiary/aromatic N) is 3. The van der Waals surface area contributed by atoms with Crippen LogP contribution in [-0.2, 0) is 0 Å². The molecule has 7 heteroatoms. The van der Waals surface area contributed by atoms with E-state index in [2.05, 4.69) is 20.6 Å². The van der Waals surface area contributed by atoms with E-state index < -0.39 is 0 Å². The molecular formula is C19H27N5O2. The largest absolute Gasteiger partial charge is 0.489 e. The van der Waals surface area contributed by atoms with Crippen LogP contribution in [0.3, 0.4) is 0 Å².